The molecule has 21 heavy (non-hydrogen) atoms. The molecule has 1 fully saturated rings. The van der Waals surface area contributed by atoms with Gasteiger partial charge in [-0.25, -0.2) is 9.59 Å². The lowest BCUT2D eigenvalue weighted by Gasteiger charge is -2.37. The van der Waals surface area contributed by atoms with Crippen molar-refractivity contribution in [3.05, 3.63) is 12.2 Å². The second-order valence-corrected chi connectivity index (χ2v) is 5.39. The quantitative estimate of drug-likeness (QED) is 0.755. The van der Waals surface area contributed by atoms with Crippen molar-refractivity contribution in [1.29, 1.82) is 0 Å². The molecule has 7 heteroatoms. The highest BCUT2D eigenvalue weighted by Crippen LogP contribution is 2.23. The summed E-state index contributed by atoms with van der Waals surface area (Å²) in [4.78, 5) is 36.6. The second kappa shape index (κ2) is 7.10. The minimum atomic E-state index is -1.10. The fraction of sp³-hybridized carbons (Fsp3) is 0.643. The Morgan fingerprint density at radius 1 is 1.43 bits per heavy atom. The number of amides is 2. The Hall–Kier alpha value is -2.05. The molecule has 0 aliphatic carbocycles. The van der Waals surface area contributed by atoms with E-state index in [1.807, 2.05) is 0 Å². The summed E-state index contributed by atoms with van der Waals surface area (Å²) in [5, 5.41) is 11.8. The summed E-state index contributed by atoms with van der Waals surface area (Å²) < 4.78 is 4.51. The van der Waals surface area contributed by atoms with E-state index in [0.717, 1.165) is 0 Å². The summed E-state index contributed by atoms with van der Waals surface area (Å²) >= 11 is 0. The van der Waals surface area contributed by atoms with Crippen molar-refractivity contribution in [3.63, 3.8) is 0 Å². The Morgan fingerprint density at radius 3 is 2.52 bits per heavy atom. The van der Waals surface area contributed by atoms with Crippen LogP contribution < -0.4 is 5.32 Å². The van der Waals surface area contributed by atoms with Crippen LogP contribution in [-0.4, -0.2) is 53.7 Å². The average Bonchev–Trinajstić information content (AvgIpc) is 2.42. The molecule has 2 amide bonds. The van der Waals surface area contributed by atoms with Crippen molar-refractivity contribution in [3.8, 4) is 0 Å². The van der Waals surface area contributed by atoms with E-state index in [9.17, 15) is 19.5 Å². The summed E-state index contributed by atoms with van der Waals surface area (Å²) in [6.45, 7) is 7.62. The molecule has 118 valence electrons. The number of hydrogen-bond donors (Lipinski definition) is 2. The minimum Gasteiger partial charge on any atom is -0.479 e. The SMILES string of the molecule is C=C1CCCN(C(=O)[C@@H](NC(=O)OC)C(C)C)[C@@H]1C(=O)O. The molecule has 1 aliphatic rings. The van der Waals surface area contributed by atoms with Crippen LogP contribution in [0.25, 0.3) is 0 Å². The number of carbonyl (C=O) groups excluding carboxylic acids is 2. The topological polar surface area (TPSA) is 95.9 Å². The van der Waals surface area contributed by atoms with Crippen LogP contribution in [0.15, 0.2) is 12.2 Å². The highest BCUT2D eigenvalue weighted by atomic mass is 16.5. The van der Waals surface area contributed by atoms with Gasteiger partial charge in [-0.2, -0.15) is 0 Å². The standard InChI is InChI=1S/C14H22N2O5/c1-8(2)10(15-14(20)21-4)12(17)16-7-5-6-9(3)11(16)13(18)19/h8,10-11H,3,5-7H2,1-2,4H3,(H,15,20)(H,18,19)/t10-,11-/m0/s1. The lowest BCUT2D eigenvalue weighted by atomic mass is 9.94. The number of methoxy groups -OCH3 is 1. The van der Waals surface area contributed by atoms with Gasteiger partial charge in [-0.1, -0.05) is 20.4 Å². The maximum absolute atomic E-state index is 12.6. The maximum atomic E-state index is 12.6. The third-order valence-corrected chi connectivity index (χ3v) is 3.50. The molecule has 1 aliphatic heterocycles. The summed E-state index contributed by atoms with van der Waals surface area (Å²) in [6.07, 6.45) is 0.527. The molecule has 0 aromatic carbocycles. The highest BCUT2D eigenvalue weighted by molar-refractivity contribution is 5.91. The molecule has 0 bridgehead atoms. The third kappa shape index (κ3) is 3.96. The third-order valence-electron chi connectivity index (χ3n) is 3.50. The Kier molecular flexibility index (Phi) is 5.75. The van der Waals surface area contributed by atoms with Crippen molar-refractivity contribution in [2.24, 2.45) is 5.92 Å². The van der Waals surface area contributed by atoms with E-state index in [4.69, 9.17) is 0 Å². The van der Waals surface area contributed by atoms with E-state index in [0.29, 0.717) is 25.0 Å². The number of ether oxygens (including phenoxy) is 1. The van der Waals surface area contributed by atoms with Crippen LogP contribution in [0, 0.1) is 5.92 Å². The van der Waals surface area contributed by atoms with Crippen molar-refractivity contribution < 1.29 is 24.2 Å². The Bertz CT molecular complexity index is 447. The fourth-order valence-electron chi connectivity index (χ4n) is 2.39. The van der Waals surface area contributed by atoms with Gasteiger partial charge in [0.2, 0.25) is 5.91 Å². The number of likely N-dealkylation sites (tertiary alicyclic amines) is 1. The van der Waals surface area contributed by atoms with Gasteiger partial charge in [-0.3, -0.25) is 4.79 Å². The summed E-state index contributed by atoms with van der Waals surface area (Å²) in [6, 6.07) is -1.86. The number of alkyl carbamates (subject to hydrolysis) is 1. The molecule has 7 nitrogen and oxygen atoms in total. The van der Waals surface area contributed by atoms with Crippen molar-refractivity contribution in [1.82, 2.24) is 10.2 Å². The fourth-order valence-corrected chi connectivity index (χ4v) is 2.39. The van der Waals surface area contributed by atoms with Crippen LogP contribution in [0.5, 0.6) is 0 Å². The summed E-state index contributed by atoms with van der Waals surface area (Å²) in [5.41, 5.74) is 0.502. The van der Waals surface area contributed by atoms with E-state index in [1.165, 1.54) is 12.0 Å². The molecule has 1 saturated heterocycles. The van der Waals surface area contributed by atoms with Crippen molar-refractivity contribution in [2.45, 2.75) is 38.8 Å². The van der Waals surface area contributed by atoms with E-state index in [-0.39, 0.29) is 5.92 Å². The van der Waals surface area contributed by atoms with Crippen LogP contribution in [0.3, 0.4) is 0 Å². The lowest BCUT2D eigenvalue weighted by Crippen LogP contribution is -2.57. The molecular formula is C14H22N2O5. The van der Waals surface area contributed by atoms with Crippen LogP contribution in [0.4, 0.5) is 4.79 Å². The summed E-state index contributed by atoms with van der Waals surface area (Å²) in [5.74, 6) is -1.72. The zero-order valence-electron chi connectivity index (χ0n) is 12.6. The number of carboxylic acids is 1. The highest BCUT2D eigenvalue weighted by Gasteiger charge is 2.38. The Labute approximate surface area is 123 Å². The van der Waals surface area contributed by atoms with Crippen molar-refractivity contribution in [2.75, 3.05) is 13.7 Å². The van der Waals surface area contributed by atoms with Crippen LogP contribution in [0.2, 0.25) is 0 Å². The van der Waals surface area contributed by atoms with E-state index in [1.54, 1.807) is 13.8 Å². The van der Waals surface area contributed by atoms with Gasteiger partial charge in [0.1, 0.15) is 6.04 Å². The number of nitrogens with one attached hydrogen (secondary N) is 1. The molecule has 2 N–H and O–H groups in total. The van der Waals surface area contributed by atoms with Gasteiger partial charge < -0.3 is 20.1 Å². The number of piperidine rings is 1. The molecule has 0 radical (unpaired) electrons. The van der Waals surface area contributed by atoms with Gasteiger partial charge in [0.05, 0.1) is 7.11 Å². The van der Waals surface area contributed by atoms with Gasteiger partial charge >= 0.3 is 12.1 Å². The van der Waals surface area contributed by atoms with Gasteiger partial charge in [-0.05, 0) is 24.3 Å². The molecular weight excluding hydrogens is 276 g/mol. The van der Waals surface area contributed by atoms with Gasteiger partial charge in [0.15, 0.2) is 6.04 Å². The number of hydrogen-bond acceptors (Lipinski definition) is 4. The number of rotatable bonds is 4. The number of nitrogens with zero attached hydrogens (tertiary/aromatic N) is 1. The number of carboxylic acid groups (broad SMARTS) is 1. The minimum absolute atomic E-state index is 0.193. The molecule has 1 heterocycles. The predicted molar refractivity (Wildman–Crippen MR) is 75.7 cm³/mol. The Balaban J connectivity index is 2.97. The number of aliphatic carboxylic acids is 1. The van der Waals surface area contributed by atoms with Gasteiger partial charge in [0.25, 0.3) is 0 Å². The van der Waals surface area contributed by atoms with Gasteiger partial charge in [0, 0.05) is 6.54 Å². The Morgan fingerprint density at radius 2 is 2.05 bits per heavy atom. The molecule has 2 atom stereocenters. The maximum Gasteiger partial charge on any atom is 0.407 e. The largest absolute Gasteiger partial charge is 0.479 e. The van der Waals surface area contributed by atoms with Crippen LogP contribution in [0.1, 0.15) is 26.7 Å². The lowest BCUT2D eigenvalue weighted by molar-refractivity contribution is -0.150. The zero-order valence-corrected chi connectivity index (χ0v) is 12.6. The van der Waals surface area contributed by atoms with E-state index < -0.39 is 30.1 Å². The first-order valence-corrected chi connectivity index (χ1v) is 6.85. The molecule has 0 saturated carbocycles. The first-order valence-electron chi connectivity index (χ1n) is 6.85. The summed E-state index contributed by atoms with van der Waals surface area (Å²) in [7, 11) is 1.21. The number of carbonyl (C=O) groups is 3. The van der Waals surface area contributed by atoms with Crippen LogP contribution >= 0.6 is 0 Å². The smallest absolute Gasteiger partial charge is 0.407 e. The monoisotopic (exact) mass is 298 g/mol. The van der Waals surface area contributed by atoms with Crippen LogP contribution in [-0.2, 0) is 14.3 Å². The average molecular weight is 298 g/mol. The molecule has 0 aromatic rings. The molecule has 0 aromatic heterocycles. The van der Waals surface area contributed by atoms with E-state index >= 15 is 0 Å². The molecule has 0 spiro atoms. The van der Waals surface area contributed by atoms with Gasteiger partial charge in [-0.15, -0.1) is 0 Å². The molecule has 1 rings (SSSR count). The zero-order chi connectivity index (χ0) is 16.2. The van der Waals surface area contributed by atoms with E-state index in [2.05, 4.69) is 16.6 Å². The second-order valence-electron chi connectivity index (χ2n) is 5.39. The normalized spacial score (nSPS) is 20.1. The first-order chi connectivity index (χ1) is 9.79. The molecule has 0 unspecified atom stereocenters. The first kappa shape index (κ1) is 17.0. The van der Waals surface area contributed by atoms with Crippen molar-refractivity contribution >= 4 is 18.0 Å². The predicted octanol–water partition coefficient (Wildman–Crippen LogP) is 0.999.